The Hall–Kier alpha value is -2.82. The molecule has 0 atom stereocenters. The lowest BCUT2D eigenvalue weighted by Crippen LogP contribution is -2.19. The van der Waals surface area contributed by atoms with E-state index < -0.39 is 0 Å². The van der Waals surface area contributed by atoms with Crippen LogP contribution in [0.25, 0.3) is 0 Å². The molecule has 0 saturated heterocycles. The van der Waals surface area contributed by atoms with Gasteiger partial charge in [-0.25, -0.2) is 5.43 Å². The average Bonchev–Trinajstić information content (AvgIpc) is 2.60. The molecule has 0 radical (unpaired) electrons. The van der Waals surface area contributed by atoms with Gasteiger partial charge in [-0.1, -0.05) is 26.0 Å². The van der Waals surface area contributed by atoms with Crippen molar-refractivity contribution < 1.29 is 14.6 Å². The van der Waals surface area contributed by atoms with Gasteiger partial charge in [-0.2, -0.15) is 5.10 Å². The number of hydrogen-bond acceptors (Lipinski definition) is 4. The predicted molar refractivity (Wildman–Crippen MR) is 99.2 cm³/mol. The number of phenolic OH excluding ortho intramolecular Hbond substituents is 1. The third-order valence-corrected chi connectivity index (χ3v) is 3.70. The van der Waals surface area contributed by atoms with Crippen LogP contribution in [0.15, 0.2) is 53.6 Å². The van der Waals surface area contributed by atoms with Gasteiger partial charge in [0.1, 0.15) is 11.5 Å². The minimum absolute atomic E-state index is 0.126. The highest BCUT2D eigenvalue weighted by molar-refractivity contribution is 6.02. The zero-order valence-corrected chi connectivity index (χ0v) is 14.8. The maximum absolute atomic E-state index is 12.2. The number of nitrogens with zero attached hydrogens (tertiary/aromatic N) is 1. The van der Waals surface area contributed by atoms with Crippen molar-refractivity contribution in [2.75, 3.05) is 6.61 Å². The lowest BCUT2D eigenvalue weighted by Gasteiger charge is -2.08. The molecule has 132 valence electrons. The predicted octanol–water partition coefficient (Wildman–Crippen LogP) is 3.97. The van der Waals surface area contributed by atoms with Crippen LogP contribution in [0.5, 0.6) is 11.5 Å². The van der Waals surface area contributed by atoms with Crippen molar-refractivity contribution in [2.45, 2.75) is 27.2 Å². The fraction of sp³-hybridized carbons (Fsp3) is 0.300. The largest absolute Gasteiger partial charge is 0.507 e. The monoisotopic (exact) mass is 340 g/mol. The molecule has 0 aliphatic heterocycles. The summed E-state index contributed by atoms with van der Waals surface area (Å²) in [5, 5.41) is 13.8. The van der Waals surface area contributed by atoms with Crippen LogP contribution in [0.1, 0.15) is 43.1 Å². The van der Waals surface area contributed by atoms with Gasteiger partial charge in [-0.15, -0.1) is 0 Å². The number of phenols is 1. The molecule has 2 aromatic rings. The van der Waals surface area contributed by atoms with E-state index in [1.807, 2.05) is 0 Å². The number of hydrogen-bond donors (Lipinski definition) is 2. The van der Waals surface area contributed by atoms with Crippen LogP contribution in [0.4, 0.5) is 0 Å². The van der Waals surface area contributed by atoms with Crippen LogP contribution in [-0.2, 0) is 0 Å². The van der Waals surface area contributed by atoms with E-state index >= 15 is 0 Å². The van der Waals surface area contributed by atoms with Crippen LogP contribution in [0, 0.1) is 5.92 Å². The lowest BCUT2D eigenvalue weighted by atomic mass is 10.1. The molecule has 0 bridgehead atoms. The van der Waals surface area contributed by atoms with Crippen LogP contribution in [0.3, 0.4) is 0 Å². The number of hydrazone groups is 1. The third-order valence-electron chi connectivity index (χ3n) is 3.70. The summed E-state index contributed by atoms with van der Waals surface area (Å²) >= 11 is 0. The van der Waals surface area contributed by atoms with Gasteiger partial charge in [0.25, 0.3) is 5.91 Å². The third kappa shape index (κ3) is 5.64. The SMILES string of the molecule is C/C(=N\NC(=O)c1ccc(OCCC(C)C)cc1)c1ccccc1O. The first-order chi connectivity index (χ1) is 12.0. The highest BCUT2D eigenvalue weighted by atomic mass is 16.5. The summed E-state index contributed by atoms with van der Waals surface area (Å²) in [6.45, 7) is 6.68. The standard InChI is InChI=1S/C20H24N2O3/c1-14(2)12-13-25-17-10-8-16(9-11-17)20(24)22-21-15(3)18-6-4-5-7-19(18)23/h4-11,14,23H,12-13H2,1-3H3,(H,22,24)/b21-15+. The van der Waals surface area contributed by atoms with Gasteiger partial charge in [-0.05, 0) is 55.7 Å². The van der Waals surface area contributed by atoms with Gasteiger partial charge < -0.3 is 9.84 Å². The molecule has 0 aliphatic rings. The van der Waals surface area contributed by atoms with E-state index in [9.17, 15) is 9.90 Å². The fourth-order valence-corrected chi connectivity index (χ4v) is 2.15. The molecule has 0 aromatic heterocycles. The van der Waals surface area contributed by atoms with Gasteiger partial charge in [-0.3, -0.25) is 4.79 Å². The Morgan fingerprint density at radius 2 is 1.84 bits per heavy atom. The van der Waals surface area contributed by atoms with Crippen molar-refractivity contribution in [1.82, 2.24) is 5.43 Å². The van der Waals surface area contributed by atoms with Crippen molar-refractivity contribution in [3.63, 3.8) is 0 Å². The molecular weight excluding hydrogens is 316 g/mol. The van der Waals surface area contributed by atoms with E-state index in [1.54, 1.807) is 55.5 Å². The molecule has 2 aromatic carbocycles. The number of rotatable bonds is 7. The van der Waals surface area contributed by atoms with E-state index in [0.717, 1.165) is 12.2 Å². The first-order valence-electron chi connectivity index (χ1n) is 8.33. The zero-order valence-electron chi connectivity index (χ0n) is 14.8. The zero-order chi connectivity index (χ0) is 18.2. The van der Waals surface area contributed by atoms with Crippen molar-refractivity contribution in [2.24, 2.45) is 11.0 Å². The highest BCUT2D eigenvalue weighted by Crippen LogP contribution is 2.16. The van der Waals surface area contributed by atoms with Crippen LogP contribution < -0.4 is 10.2 Å². The topological polar surface area (TPSA) is 70.9 Å². The molecule has 0 aliphatic carbocycles. The van der Waals surface area contributed by atoms with Gasteiger partial charge in [0.2, 0.25) is 0 Å². The number of amides is 1. The maximum Gasteiger partial charge on any atom is 0.271 e. The van der Waals surface area contributed by atoms with E-state index in [4.69, 9.17) is 4.74 Å². The molecule has 1 amide bonds. The molecule has 0 saturated carbocycles. The average molecular weight is 340 g/mol. The lowest BCUT2D eigenvalue weighted by molar-refractivity contribution is 0.0955. The van der Waals surface area contributed by atoms with E-state index in [-0.39, 0.29) is 11.7 Å². The minimum atomic E-state index is -0.316. The number of benzene rings is 2. The Labute approximate surface area is 148 Å². The van der Waals surface area contributed by atoms with Gasteiger partial charge in [0.15, 0.2) is 0 Å². The summed E-state index contributed by atoms with van der Waals surface area (Å²) in [4.78, 5) is 12.2. The molecule has 0 fully saturated rings. The molecule has 25 heavy (non-hydrogen) atoms. The Morgan fingerprint density at radius 1 is 1.16 bits per heavy atom. The molecule has 0 heterocycles. The molecule has 5 nitrogen and oxygen atoms in total. The van der Waals surface area contributed by atoms with Crippen molar-refractivity contribution in [3.8, 4) is 11.5 Å². The van der Waals surface area contributed by atoms with Crippen molar-refractivity contribution >= 4 is 11.6 Å². The summed E-state index contributed by atoms with van der Waals surface area (Å²) in [6, 6.07) is 13.8. The second-order valence-electron chi connectivity index (χ2n) is 6.21. The first kappa shape index (κ1) is 18.5. The number of aromatic hydroxyl groups is 1. The minimum Gasteiger partial charge on any atom is -0.507 e. The summed E-state index contributed by atoms with van der Waals surface area (Å²) < 4.78 is 5.63. The second kappa shape index (κ2) is 8.87. The van der Waals surface area contributed by atoms with Crippen LogP contribution in [0.2, 0.25) is 0 Å². The summed E-state index contributed by atoms with van der Waals surface area (Å²) in [7, 11) is 0. The molecule has 2 N–H and O–H groups in total. The van der Waals surface area contributed by atoms with E-state index in [0.29, 0.717) is 29.4 Å². The number of ether oxygens (including phenoxy) is 1. The van der Waals surface area contributed by atoms with E-state index in [2.05, 4.69) is 24.4 Å². The van der Waals surface area contributed by atoms with Crippen LogP contribution in [-0.4, -0.2) is 23.3 Å². The van der Waals surface area contributed by atoms with Crippen molar-refractivity contribution in [1.29, 1.82) is 0 Å². The van der Waals surface area contributed by atoms with Gasteiger partial charge >= 0.3 is 0 Å². The second-order valence-corrected chi connectivity index (χ2v) is 6.21. The number of para-hydroxylation sites is 1. The fourth-order valence-electron chi connectivity index (χ4n) is 2.15. The molecular formula is C20H24N2O3. The number of carbonyl (C=O) groups excluding carboxylic acids is 1. The summed E-state index contributed by atoms with van der Waals surface area (Å²) in [5.74, 6) is 1.14. The number of nitrogens with one attached hydrogen (secondary N) is 1. The van der Waals surface area contributed by atoms with E-state index in [1.165, 1.54) is 0 Å². The highest BCUT2D eigenvalue weighted by Gasteiger charge is 2.07. The molecule has 2 rings (SSSR count). The summed E-state index contributed by atoms with van der Waals surface area (Å²) in [6.07, 6.45) is 0.989. The Morgan fingerprint density at radius 3 is 2.48 bits per heavy atom. The normalized spacial score (nSPS) is 11.4. The summed E-state index contributed by atoms with van der Waals surface area (Å²) in [5.41, 5.74) is 4.10. The Kier molecular flexibility index (Phi) is 6.57. The van der Waals surface area contributed by atoms with Crippen molar-refractivity contribution in [3.05, 3.63) is 59.7 Å². The van der Waals surface area contributed by atoms with Gasteiger partial charge in [0.05, 0.1) is 12.3 Å². The van der Waals surface area contributed by atoms with Crippen LogP contribution >= 0.6 is 0 Å². The Bertz CT molecular complexity index is 737. The smallest absolute Gasteiger partial charge is 0.271 e. The molecule has 0 unspecified atom stereocenters. The quantitative estimate of drug-likeness (QED) is 0.592. The van der Waals surface area contributed by atoms with Gasteiger partial charge in [0, 0.05) is 11.1 Å². The molecule has 0 spiro atoms. The first-order valence-corrected chi connectivity index (χ1v) is 8.33. The Balaban J connectivity index is 1.94. The molecule has 5 heteroatoms. The maximum atomic E-state index is 12.2. The number of carbonyl (C=O) groups is 1.